The van der Waals surface area contributed by atoms with Crippen LogP contribution in [0.2, 0.25) is 0 Å². The van der Waals surface area contributed by atoms with Gasteiger partial charge < -0.3 is 9.47 Å². The summed E-state index contributed by atoms with van der Waals surface area (Å²) in [6, 6.07) is 18.1. The van der Waals surface area contributed by atoms with Gasteiger partial charge in [0.25, 0.3) is 0 Å². The fourth-order valence-electron chi connectivity index (χ4n) is 1.94. The molecule has 112 valence electrons. The summed E-state index contributed by atoms with van der Waals surface area (Å²) in [7, 11) is 0. The molecule has 0 spiro atoms. The molecule has 2 rings (SSSR count). The zero-order valence-corrected chi connectivity index (χ0v) is 12.4. The molecule has 22 heavy (non-hydrogen) atoms. The third-order valence-corrected chi connectivity index (χ3v) is 2.77. The minimum atomic E-state index is -0.487. The molecule has 0 aliphatic rings. The Morgan fingerprint density at radius 3 is 1.23 bits per heavy atom. The van der Waals surface area contributed by atoms with E-state index in [9.17, 15) is 9.59 Å². The Hall–Kier alpha value is -2.88. The summed E-state index contributed by atoms with van der Waals surface area (Å²) in [6.07, 6.45) is 0. The number of carbonyl (C=O) groups is 2. The Bertz CT molecular complexity index is 626. The molecular formula is C18H16O4. The molecule has 0 radical (unpaired) electrons. The minimum absolute atomic E-state index is 0.217. The molecule has 0 atom stereocenters. The molecule has 2 aromatic carbocycles. The number of esters is 2. The van der Waals surface area contributed by atoms with Crippen molar-refractivity contribution in [2.24, 2.45) is 0 Å². The van der Waals surface area contributed by atoms with Crippen LogP contribution in [0, 0.1) is 0 Å². The van der Waals surface area contributed by atoms with Gasteiger partial charge in [-0.15, -0.1) is 0 Å². The van der Waals surface area contributed by atoms with Gasteiger partial charge >= 0.3 is 11.9 Å². The number of hydrogen-bond donors (Lipinski definition) is 0. The van der Waals surface area contributed by atoms with Gasteiger partial charge in [-0.05, 0) is 0 Å². The maximum Gasteiger partial charge on any atom is 0.308 e. The summed E-state index contributed by atoms with van der Waals surface area (Å²) in [4.78, 5) is 22.9. The number of ether oxygens (including phenoxy) is 2. The Morgan fingerprint density at radius 1 is 0.636 bits per heavy atom. The monoisotopic (exact) mass is 296 g/mol. The second-order valence-corrected chi connectivity index (χ2v) is 4.58. The molecule has 2 aromatic rings. The fourth-order valence-corrected chi connectivity index (χ4v) is 1.94. The first kappa shape index (κ1) is 15.5. The van der Waals surface area contributed by atoms with Crippen LogP contribution in [0.3, 0.4) is 0 Å². The van der Waals surface area contributed by atoms with Gasteiger partial charge in [-0.1, -0.05) is 60.7 Å². The topological polar surface area (TPSA) is 52.6 Å². The number of carbonyl (C=O) groups excluding carboxylic acids is 2. The van der Waals surface area contributed by atoms with Crippen molar-refractivity contribution in [1.29, 1.82) is 0 Å². The van der Waals surface area contributed by atoms with Crippen molar-refractivity contribution in [1.82, 2.24) is 0 Å². The molecule has 0 fully saturated rings. The highest BCUT2D eigenvalue weighted by molar-refractivity contribution is 5.92. The van der Waals surface area contributed by atoms with E-state index in [0.29, 0.717) is 11.1 Å². The average Bonchev–Trinajstić information content (AvgIpc) is 2.52. The Balaban J connectivity index is 2.64. The molecule has 0 heterocycles. The van der Waals surface area contributed by atoms with Crippen LogP contribution in [-0.2, 0) is 19.1 Å². The lowest BCUT2D eigenvalue weighted by molar-refractivity contribution is -0.136. The van der Waals surface area contributed by atoms with Crippen LogP contribution >= 0.6 is 0 Å². The van der Waals surface area contributed by atoms with E-state index >= 15 is 0 Å². The van der Waals surface area contributed by atoms with Crippen LogP contribution in [0.25, 0.3) is 11.5 Å². The van der Waals surface area contributed by atoms with Crippen LogP contribution in [-0.4, -0.2) is 11.9 Å². The maximum absolute atomic E-state index is 11.5. The quantitative estimate of drug-likeness (QED) is 0.491. The van der Waals surface area contributed by atoms with Crippen LogP contribution in [0.15, 0.2) is 60.7 Å². The predicted molar refractivity (Wildman–Crippen MR) is 83.2 cm³/mol. The summed E-state index contributed by atoms with van der Waals surface area (Å²) in [5, 5.41) is 0. The van der Waals surface area contributed by atoms with E-state index in [4.69, 9.17) is 9.47 Å². The van der Waals surface area contributed by atoms with Gasteiger partial charge in [0.05, 0.1) is 0 Å². The van der Waals surface area contributed by atoms with E-state index in [1.165, 1.54) is 13.8 Å². The van der Waals surface area contributed by atoms with Gasteiger partial charge in [-0.3, -0.25) is 9.59 Å². The van der Waals surface area contributed by atoms with Crippen LogP contribution in [0.4, 0.5) is 0 Å². The van der Waals surface area contributed by atoms with Gasteiger partial charge in [0, 0.05) is 25.0 Å². The first-order valence-corrected chi connectivity index (χ1v) is 6.80. The van der Waals surface area contributed by atoms with Crippen LogP contribution in [0.5, 0.6) is 0 Å². The zero-order chi connectivity index (χ0) is 15.9. The average molecular weight is 296 g/mol. The Labute approximate surface area is 129 Å². The molecule has 0 saturated carbocycles. The molecular weight excluding hydrogens is 280 g/mol. The molecule has 0 aliphatic carbocycles. The lowest BCUT2D eigenvalue weighted by atomic mass is 10.1. The molecule has 0 aliphatic heterocycles. The minimum Gasteiger partial charge on any atom is -0.422 e. The van der Waals surface area contributed by atoms with Crippen molar-refractivity contribution < 1.29 is 19.1 Å². The molecule has 0 bridgehead atoms. The summed E-state index contributed by atoms with van der Waals surface area (Å²) in [6.45, 7) is 2.61. The van der Waals surface area contributed by atoms with E-state index < -0.39 is 11.9 Å². The Kier molecular flexibility index (Phi) is 5.09. The molecule has 0 amide bonds. The third kappa shape index (κ3) is 4.06. The van der Waals surface area contributed by atoms with Crippen molar-refractivity contribution in [2.75, 3.05) is 0 Å². The summed E-state index contributed by atoms with van der Waals surface area (Å²) in [5.41, 5.74) is 1.30. The van der Waals surface area contributed by atoms with Crippen LogP contribution < -0.4 is 0 Å². The first-order valence-electron chi connectivity index (χ1n) is 6.80. The normalized spacial score (nSPS) is 11.4. The Morgan fingerprint density at radius 2 is 0.955 bits per heavy atom. The number of benzene rings is 2. The maximum atomic E-state index is 11.5. The second kappa shape index (κ2) is 7.22. The van der Waals surface area contributed by atoms with Gasteiger partial charge in [0.2, 0.25) is 0 Å². The molecule has 0 aromatic heterocycles. The lowest BCUT2D eigenvalue weighted by Gasteiger charge is -2.14. The largest absolute Gasteiger partial charge is 0.422 e. The number of hydrogen-bond acceptors (Lipinski definition) is 4. The predicted octanol–water partition coefficient (Wildman–Crippen LogP) is 3.64. The van der Waals surface area contributed by atoms with Gasteiger partial charge in [-0.25, -0.2) is 0 Å². The van der Waals surface area contributed by atoms with Crippen molar-refractivity contribution in [3.63, 3.8) is 0 Å². The van der Waals surface area contributed by atoms with Gasteiger partial charge in [0.1, 0.15) is 0 Å². The standard InChI is InChI=1S/C18H16O4/c1-13(19)21-17(15-9-5-3-6-10-15)18(22-14(2)20)16-11-7-4-8-12-16/h3-12H,1-2H3/b18-17+. The summed E-state index contributed by atoms with van der Waals surface area (Å²) < 4.78 is 10.6. The highest BCUT2D eigenvalue weighted by Crippen LogP contribution is 2.28. The van der Waals surface area contributed by atoms with E-state index in [1.54, 1.807) is 24.3 Å². The fraction of sp³-hybridized carbons (Fsp3) is 0.111. The molecule has 0 saturated heterocycles. The van der Waals surface area contributed by atoms with Crippen LogP contribution in [0.1, 0.15) is 25.0 Å². The second-order valence-electron chi connectivity index (χ2n) is 4.58. The summed E-state index contributed by atoms with van der Waals surface area (Å²) in [5.74, 6) is -0.539. The molecule has 0 N–H and O–H groups in total. The van der Waals surface area contributed by atoms with E-state index in [0.717, 1.165) is 0 Å². The van der Waals surface area contributed by atoms with Crippen molar-refractivity contribution >= 4 is 23.5 Å². The van der Waals surface area contributed by atoms with E-state index in [1.807, 2.05) is 36.4 Å². The highest BCUT2D eigenvalue weighted by atomic mass is 16.6. The SMILES string of the molecule is CC(=O)O/C(=C(/OC(C)=O)c1ccccc1)c1ccccc1. The smallest absolute Gasteiger partial charge is 0.308 e. The van der Waals surface area contributed by atoms with Gasteiger partial charge in [-0.2, -0.15) is 0 Å². The van der Waals surface area contributed by atoms with Crippen molar-refractivity contribution in [3.8, 4) is 0 Å². The molecule has 0 unspecified atom stereocenters. The van der Waals surface area contributed by atoms with E-state index in [2.05, 4.69) is 0 Å². The first-order chi connectivity index (χ1) is 10.6. The van der Waals surface area contributed by atoms with Crippen molar-refractivity contribution in [3.05, 3.63) is 71.8 Å². The van der Waals surface area contributed by atoms with E-state index in [-0.39, 0.29) is 11.5 Å². The molecule has 4 heteroatoms. The highest BCUT2D eigenvalue weighted by Gasteiger charge is 2.18. The molecule has 4 nitrogen and oxygen atoms in total. The van der Waals surface area contributed by atoms with Crippen molar-refractivity contribution in [2.45, 2.75) is 13.8 Å². The number of rotatable bonds is 4. The third-order valence-electron chi connectivity index (χ3n) is 2.77. The van der Waals surface area contributed by atoms with Gasteiger partial charge in [0.15, 0.2) is 11.5 Å². The lowest BCUT2D eigenvalue weighted by Crippen LogP contribution is -2.06. The summed E-state index contributed by atoms with van der Waals surface area (Å²) >= 11 is 0. The zero-order valence-electron chi connectivity index (χ0n) is 12.4.